The first-order chi connectivity index (χ1) is 7.24. The zero-order chi connectivity index (χ0) is 10.7. The van der Waals surface area contributed by atoms with Crippen LogP contribution in [0.3, 0.4) is 0 Å². The van der Waals surface area contributed by atoms with Gasteiger partial charge in [0.05, 0.1) is 6.10 Å². The van der Waals surface area contributed by atoms with E-state index in [2.05, 4.69) is 11.0 Å². The fraction of sp³-hybridized carbons (Fsp3) is 0.500. The van der Waals surface area contributed by atoms with Crippen molar-refractivity contribution >= 4 is 11.6 Å². The number of benzene rings is 1. The van der Waals surface area contributed by atoms with Gasteiger partial charge in [-0.2, -0.15) is 0 Å². The molecule has 2 rings (SSSR count). The zero-order valence-corrected chi connectivity index (χ0v) is 9.45. The van der Waals surface area contributed by atoms with Gasteiger partial charge < -0.3 is 5.11 Å². The van der Waals surface area contributed by atoms with E-state index >= 15 is 0 Å². The summed E-state index contributed by atoms with van der Waals surface area (Å²) in [7, 11) is 0. The lowest BCUT2D eigenvalue weighted by atomic mass is 10.1. The van der Waals surface area contributed by atoms with Crippen molar-refractivity contribution in [1.29, 1.82) is 0 Å². The largest absolute Gasteiger partial charge is 0.392 e. The fourth-order valence-electron chi connectivity index (χ4n) is 2.07. The molecule has 1 fully saturated rings. The van der Waals surface area contributed by atoms with Crippen molar-refractivity contribution in [3.8, 4) is 0 Å². The second-order valence-corrected chi connectivity index (χ2v) is 4.60. The predicted molar refractivity (Wildman–Crippen MR) is 62.0 cm³/mol. The van der Waals surface area contributed by atoms with E-state index in [0.29, 0.717) is 0 Å². The van der Waals surface area contributed by atoms with E-state index in [9.17, 15) is 5.11 Å². The molecule has 0 aromatic heterocycles. The van der Waals surface area contributed by atoms with Gasteiger partial charge in [-0.05, 0) is 37.1 Å². The number of likely N-dealkylation sites (tertiary alicyclic amines) is 1. The van der Waals surface area contributed by atoms with Gasteiger partial charge in [-0.25, -0.2) is 0 Å². The van der Waals surface area contributed by atoms with Crippen LogP contribution in [0, 0.1) is 0 Å². The molecule has 82 valence electrons. The lowest BCUT2D eigenvalue weighted by Crippen LogP contribution is -2.37. The highest BCUT2D eigenvalue weighted by atomic mass is 35.5. The molecule has 1 unspecified atom stereocenters. The number of rotatable bonds is 2. The summed E-state index contributed by atoms with van der Waals surface area (Å²) in [6.45, 7) is 2.74. The number of piperidine rings is 1. The molecule has 15 heavy (non-hydrogen) atoms. The van der Waals surface area contributed by atoms with Gasteiger partial charge in [0.2, 0.25) is 0 Å². The highest BCUT2D eigenvalue weighted by Crippen LogP contribution is 2.16. The molecule has 0 spiro atoms. The Hall–Kier alpha value is -0.570. The maximum Gasteiger partial charge on any atom is 0.0667 e. The Morgan fingerprint density at radius 3 is 3.07 bits per heavy atom. The lowest BCUT2D eigenvalue weighted by Gasteiger charge is -2.29. The summed E-state index contributed by atoms with van der Waals surface area (Å²) in [5, 5.41) is 10.3. The first-order valence-corrected chi connectivity index (χ1v) is 5.77. The minimum Gasteiger partial charge on any atom is -0.392 e. The van der Waals surface area contributed by atoms with Crippen molar-refractivity contribution in [3.05, 3.63) is 34.9 Å². The molecule has 1 aromatic rings. The van der Waals surface area contributed by atoms with Crippen molar-refractivity contribution in [3.63, 3.8) is 0 Å². The molecule has 3 heteroatoms. The maximum atomic E-state index is 9.54. The molecule has 2 nitrogen and oxygen atoms in total. The van der Waals surface area contributed by atoms with Crippen LogP contribution in [0.25, 0.3) is 0 Å². The summed E-state index contributed by atoms with van der Waals surface area (Å²) in [5.74, 6) is 0. The van der Waals surface area contributed by atoms with Crippen molar-refractivity contribution in [2.45, 2.75) is 25.5 Å². The maximum absolute atomic E-state index is 9.54. The number of aliphatic hydroxyl groups is 1. The molecular weight excluding hydrogens is 210 g/mol. The van der Waals surface area contributed by atoms with Gasteiger partial charge in [0.15, 0.2) is 0 Å². The van der Waals surface area contributed by atoms with E-state index in [0.717, 1.165) is 37.5 Å². The minimum atomic E-state index is -0.155. The molecule has 1 aliphatic heterocycles. The standard InChI is InChI=1S/C12H16ClNO/c13-11-4-1-3-10(7-11)8-14-6-2-5-12(15)9-14/h1,3-4,7,12,15H,2,5-6,8-9H2. The fourth-order valence-corrected chi connectivity index (χ4v) is 2.28. The van der Waals surface area contributed by atoms with Crippen molar-refractivity contribution in [2.24, 2.45) is 0 Å². The highest BCUT2D eigenvalue weighted by molar-refractivity contribution is 6.30. The summed E-state index contributed by atoms with van der Waals surface area (Å²) in [6.07, 6.45) is 1.87. The lowest BCUT2D eigenvalue weighted by molar-refractivity contribution is 0.0668. The molecule has 1 heterocycles. The van der Waals surface area contributed by atoms with Crippen LogP contribution in [0.15, 0.2) is 24.3 Å². The second-order valence-electron chi connectivity index (χ2n) is 4.16. The van der Waals surface area contributed by atoms with Crippen LogP contribution in [-0.2, 0) is 6.54 Å². The van der Waals surface area contributed by atoms with Crippen LogP contribution < -0.4 is 0 Å². The first-order valence-electron chi connectivity index (χ1n) is 5.39. The number of β-amino-alcohol motifs (C(OH)–C–C–N with tert-alkyl or cyclic N) is 1. The Morgan fingerprint density at radius 2 is 2.33 bits per heavy atom. The van der Waals surface area contributed by atoms with E-state index in [1.54, 1.807) is 0 Å². The van der Waals surface area contributed by atoms with Gasteiger partial charge in [-0.1, -0.05) is 23.7 Å². The molecule has 1 aromatic carbocycles. The third-order valence-electron chi connectivity index (χ3n) is 2.78. The summed E-state index contributed by atoms with van der Waals surface area (Å²) in [5.41, 5.74) is 1.22. The van der Waals surface area contributed by atoms with Crippen LogP contribution >= 0.6 is 11.6 Å². The third kappa shape index (κ3) is 3.20. The van der Waals surface area contributed by atoms with Gasteiger partial charge in [0, 0.05) is 18.1 Å². The Labute approximate surface area is 95.5 Å². The normalized spacial score (nSPS) is 22.9. The van der Waals surface area contributed by atoms with E-state index in [-0.39, 0.29) is 6.10 Å². The molecule has 0 radical (unpaired) electrons. The topological polar surface area (TPSA) is 23.5 Å². The molecule has 0 saturated carbocycles. The first kappa shape index (κ1) is 10.9. The minimum absolute atomic E-state index is 0.155. The Morgan fingerprint density at radius 1 is 1.47 bits per heavy atom. The van der Waals surface area contributed by atoms with Crippen LogP contribution in [0.5, 0.6) is 0 Å². The van der Waals surface area contributed by atoms with Gasteiger partial charge in [-0.3, -0.25) is 4.90 Å². The van der Waals surface area contributed by atoms with Crippen LogP contribution in [0.2, 0.25) is 5.02 Å². The molecule has 1 atom stereocenters. The SMILES string of the molecule is OC1CCCN(Cc2cccc(Cl)c2)C1. The second kappa shape index (κ2) is 4.97. The summed E-state index contributed by atoms with van der Waals surface area (Å²) >= 11 is 5.92. The van der Waals surface area contributed by atoms with Crippen LogP contribution in [0.4, 0.5) is 0 Å². The summed E-state index contributed by atoms with van der Waals surface area (Å²) in [4.78, 5) is 2.28. The number of halogens is 1. The molecule has 0 bridgehead atoms. The number of hydrogen-bond acceptors (Lipinski definition) is 2. The molecule has 0 aliphatic carbocycles. The van der Waals surface area contributed by atoms with Crippen LogP contribution in [-0.4, -0.2) is 29.2 Å². The number of hydrogen-bond donors (Lipinski definition) is 1. The molecule has 1 saturated heterocycles. The van der Waals surface area contributed by atoms with Crippen molar-refractivity contribution in [1.82, 2.24) is 4.90 Å². The quantitative estimate of drug-likeness (QED) is 0.835. The highest BCUT2D eigenvalue weighted by Gasteiger charge is 2.17. The van der Waals surface area contributed by atoms with Gasteiger partial charge in [0.25, 0.3) is 0 Å². The average Bonchev–Trinajstić information content (AvgIpc) is 2.17. The third-order valence-corrected chi connectivity index (χ3v) is 3.01. The van der Waals surface area contributed by atoms with Gasteiger partial charge in [-0.15, -0.1) is 0 Å². The van der Waals surface area contributed by atoms with Crippen molar-refractivity contribution < 1.29 is 5.11 Å². The van der Waals surface area contributed by atoms with E-state index in [1.165, 1.54) is 5.56 Å². The Balaban J connectivity index is 1.96. The Kier molecular flexibility index (Phi) is 3.62. The predicted octanol–water partition coefficient (Wildman–Crippen LogP) is 2.30. The number of aliphatic hydroxyl groups excluding tert-OH is 1. The number of nitrogens with zero attached hydrogens (tertiary/aromatic N) is 1. The summed E-state index contributed by atoms with van der Waals surface area (Å²) in [6, 6.07) is 7.92. The van der Waals surface area contributed by atoms with Gasteiger partial charge >= 0.3 is 0 Å². The van der Waals surface area contributed by atoms with E-state index in [4.69, 9.17) is 11.6 Å². The zero-order valence-electron chi connectivity index (χ0n) is 8.69. The van der Waals surface area contributed by atoms with Crippen LogP contribution in [0.1, 0.15) is 18.4 Å². The molecule has 1 N–H and O–H groups in total. The molecular formula is C12H16ClNO. The molecule has 0 amide bonds. The average molecular weight is 226 g/mol. The Bertz CT molecular complexity index is 329. The van der Waals surface area contributed by atoms with Crippen molar-refractivity contribution in [2.75, 3.05) is 13.1 Å². The summed E-state index contributed by atoms with van der Waals surface area (Å²) < 4.78 is 0. The van der Waals surface area contributed by atoms with E-state index < -0.39 is 0 Å². The monoisotopic (exact) mass is 225 g/mol. The van der Waals surface area contributed by atoms with E-state index in [1.807, 2.05) is 18.2 Å². The smallest absolute Gasteiger partial charge is 0.0667 e. The molecule has 1 aliphatic rings. The van der Waals surface area contributed by atoms with Gasteiger partial charge in [0.1, 0.15) is 0 Å².